The van der Waals surface area contributed by atoms with Gasteiger partial charge in [0.15, 0.2) is 5.16 Å². The number of thiophene rings is 1. The average molecular weight is 501 g/mol. The smallest absolute Gasteiger partial charge is 0.325 e. The highest BCUT2D eigenvalue weighted by atomic mass is 32.2. The van der Waals surface area contributed by atoms with Crippen LogP contribution in [-0.4, -0.2) is 58.2 Å². The Balaban J connectivity index is 1.74. The van der Waals surface area contributed by atoms with Crippen LogP contribution in [0.3, 0.4) is 0 Å². The van der Waals surface area contributed by atoms with Gasteiger partial charge in [0.25, 0.3) is 5.56 Å². The van der Waals surface area contributed by atoms with Crippen LogP contribution in [0.2, 0.25) is 0 Å². The summed E-state index contributed by atoms with van der Waals surface area (Å²) in [6.07, 6.45) is 0.599. The van der Waals surface area contributed by atoms with Crippen LogP contribution in [0.25, 0.3) is 15.9 Å². The largest absolute Gasteiger partial charge is 0.468 e. The molecule has 4 rings (SSSR count). The topological polar surface area (TPSA) is 111 Å². The molecular weight excluding hydrogens is 476 g/mol. The van der Waals surface area contributed by atoms with Gasteiger partial charge in [-0.1, -0.05) is 29.5 Å². The van der Waals surface area contributed by atoms with Crippen LogP contribution in [0.4, 0.5) is 0 Å². The maximum Gasteiger partial charge on any atom is 0.325 e. The van der Waals surface area contributed by atoms with Crippen molar-refractivity contribution in [2.45, 2.75) is 32.0 Å². The van der Waals surface area contributed by atoms with Gasteiger partial charge in [-0.2, -0.15) is 0 Å². The van der Waals surface area contributed by atoms with E-state index in [2.05, 4.69) is 10.1 Å². The van der Waals surface area contributed by atoms with Gasteiger partial charge in [0.1, 0.15) is 11.4 Å². The SMILES string of the molecule is COC(=O)CNC(=O)CSc1nc2sc3c(c2c(=O)n1-c1ccc(C)cc1)CCN(C(C)=O)C3. The van der Waals surface area contributed by atoms with Gasteiger partial charge in [0, 0.05) is 18.3 Å². The van der Waals surface area contributed by atoms with E-state index in [4.69, 9.17) is 4.98 Å². The Morgan fingerprint density at radius 3 is 2.65 bits per heavy atom. The molecule has 1 aliphatic heterocycles. The zero-order valence-electron chi connectivity index (χ0n) is 19.0. The molecule has 0 saturated heterocycles. The van der Waals surface area contributed by atoms with Gasteiger partial charge >= 0.3 is 5.97 Å². The average Bonchev–Trinajstić information content (AvgIpc) is 3.19. The standard InChI is InChI=1S/C23H24N4O5S2/c1-13-4-6-15(7-5-13)27-22(31)20-16-8-9-26(14(2)28)11-17(16)34-21(20)25-23(27)33-12-18(29)24-10-19(30)32-3/h4-7H,8-12H2,1-3H3,(H,24,29). The number of benzene rings is 1. The van der Waals surface area contributed by atoms with Gasteiger partial charge in [-0.25, -0.2) is 4.98 Å². The van der Waals surface area contributed by atoms with Crippen LogP contribution in [0.1, 0.15) is 22.9 Å². The lowest BCUT2D eigenvalue weighted by Gasteiger charge is -2.25. The van der Waals surface area contributed by atoms with E-state index in [0.29, 0.717) is 40.6 Å². The van der Waals surface area contributed by atoms with E-state index in [1.807, 2.05) is 31.2 Å². The number of thioether (sulfide) groups is 1. The Labute approximate surface area is 204 Å². The predicted molar refractivity (Wildman–Crippen MR) is 130 cm³/mol. The van der Waals surface area contributed by atoms with E-state index in [9.17, 15) is 19.2 Å². The molecule has 2 aromatic heterocycles. The number of nitrogens with zero attached hydrogens (tertiary/aromatic N) is 3. The third kappa shape index (κ3) is 4.85. The first-order chi connectivity index (χ1) is 16.3. The maximum atomic E-state index is 13.8. The first kappa shape index (κ1) is 24.0. The zero-order valence-corrected chi connectivity index (χ0v) is 20.7. The minimum Gasteiger partial charge on any atom is -0.468 e. The van der Waals surface area contributed by atoms with Crippen molar-refractivity contribution in [3.05, 3.63) is 50.6 Å². The summed E-state index contributed by atoms with van der Waals surface area (Å²) in [5.41, 5.74) is 2.46. The molecule has 2 amide bonds. The van der Waals surface area contributed by atoms with Gasteiger partial charge in [-0.05, 0) is 31.0 Å². The molecule has 3 aromatic rings. The number of ether oxygens (including phenoxy) is 1. The Morgan fingerprint density at radius 1 is 1.24 bits per heavy atom. The summed E-state index contributed by atoms with van der Waals surface area (Å²) in [5, 5.41) is 3.45. The minimum atomic E-state index is -0.543. The Morgan fingerprint density at radius 2 is 1.97 bits per heavy atom. The summed E-state index contributed by atoms with van der Waals surface area (Å²) in [7, 11) is 1.25. The Kier molecular flexibility index (Phi) is 7.03. The molecule has 0 radical (unpaired) electrons. The summed E-state index contributed by atoms with van der Waals surface area (Å²) in [5.74, 6) is -0.937. The second kappa shape index (κ2) is 9.98. The third-order valence-electron chi connectivity index (χ3n) is 5.57. The number of esters is 1. The number of amides is 2. The molecule has 0 unspecified atom stereocenters. The fraction of sp³-hybridized carbons (Fsp3) is 0.348. The quantitative estimate of drug-likeness (QED) is 0.313. The van der Waals surface area contributed by atoms with Crippen molar-refractivity contribution in [3.8, 4) is 5.69 Å². The lowest BCUT2D eigenvalue weighted by molar-refractivity contribution is -0.140. The molecule has 1 aliphatic rings. The van der Waals surface area contributed by atoms with Gasteiger partial charge in [0.05, 0.1) is 30.5 Å². The number of carbonyl (C=O) groups is 3. The minimum absolute atomic E-state index is 0.00217. The second-order valence-electron chi connectivity index (χ2n) is 7.89. The van der Waals surface area contributed by atoms with Crippen LogP contribution >= 0.6 is 23.1 Å². The maximum absolute atomic E-state index is 13.8. The number of nitrogens with one attached hydrogen (secondary N) is 1. The lowest BCUT2D eigenvalue weighted by Crippen LogP contribution is -2.34. The van der Waals surface area contributed by atoms with E-state index < -0.39 is 5.97 Å². The van der Waals surface area contributed by atoms with E-state index in [1.54, 1.807) is 11.8 Å². The number of methoxy groups -OCH3 is 1. The zero-order chi connectivity index (χ0) is 24.4. The normalized spacial score (nSPS) is 13.0. The highest BCUT2D eigenvalue weighted by Gasteiger charge is 2.26. The molecule has 0 aliphatic carbocycles. The van der Waals surface area contributed by atoms with Crippen molar-refractivity contribution in [2.24, 2.45) is 0 Å². The van der Waals surface area contributed by atoms with Crippen LogP contribution in [0.5, 0.6) is 0 Å². The molecule has 1 N–H and O–H groups in total. The fourth-order valence-electron chi connectivity index (χ4n) is 3.74. The number of aryl methyl sites for hydroxylation is 1. The summed E-state index contributed by atoms with van der Waals surface area (Å²) in [6.45, 7) is 4.31. The molecule has 3 heterocycles. The number of rotatable bonds is 6. The number of hydrogen-bond donors (Lipinski definition) is 1. The highest BCUT2D eigenvalue weighted by molar-refractivity contribution is 7.99. The Bertz CT molecular complexity index is 1330. The molecule has 0 atom stereocenters. The van der Waals surface area contributed by atoms with Crippen molar-refractivity contribution in [1.29, 1.82) is 0 Å². The van der Waals surface area contributed by atoms with E-state index in [0.717, 1.165) is 27.8 Å². The first-order valence-corrected chi connectivity index (χ1v) is 12.4. The molecule has 1 aromatic carbocycles. The highest BCUT2D eigenvalue weighted by Crippen LogP contribution is 2.34. The van der Waals surface area contributed by atoms with Crippen molar-refractivity contribution < 1.29 is 19.1 Å². The molecule has 178 valence electrons. The number of hydrogen-bond acceptors (Lipinski definition) is 8. The number of carbonyl (C=O) groups excluding carboxylic acids is 3. The fourth-order valence-corrected chi connectivity index (χ4v) is 5.85. The summed E-state index contributed by atoms with van der Waals surface area (Å²) < 4.78 is 6.07. The molecule has 0 spiro atoms. The monoisotopic (exact) mass is 500 g/mol. The lowest BCUT2D eigenvalue weighted by atomic mass is 10.1. The van der Waals surface area contributed by atoms with E-state index in [-0.39, 0.29) is 29.7 Å². The van der Waals surface area contributed by atoms with E-state index in [1.165, 1.54) is 23.0 Å². The molecule has 0 fully saturated rings. The second-order valence-corrected chi connectivity index (χ2v) is 9.91. The first-order valence-electron chi connectivity index (χ1n) is 10.6. The molecule has 11 heteroatoms. The van der Waals surface area contributed by atoms with Crippen LogP contribution in [0.15, 0.2) is 34.2 Å². The molecule has 9 nitrogen and oxygen atoms in total. The summed E-state index contributed by atoms with van der Waals surface area (Å²) in [4.78, 5) is 57.2. The molecule has 0 saturated carbocycles. The van der Waals surface area contributed by atoms with Crippen molar-refractivity contribution in [3.63, 3.8) is 0 Å². The summed E-state index contributed by atoms with van der Waals surface area (Å²) in [6, 6.07) is 7.53. The Hall–Kier alpha value is -3.18. The van der Waals surface area contributed by atoms with E-state index >= 15 is 0 Å². The molecule has 0 bridgehead atoms. The third-order valence-corrected chi connectivity index (χ3v) is 7.62. The number of fused-ring (bicyclic) bond motifs is 3. The summed E-state index contributed by atoms with van der Waals surface area (Å²) >= 11 is 2.54. The van der Waals surface area contributed by atoms with Gasteiger partial charge in [-0.3, -0.25) is 23.7 Å². The molecular formula is C23H24N4O5S2. The van der Waals surface area contributed by atoms with Gasteiger partial charge < -0.3 is 15.0 Å². The van der Waals surface area contributed by atoms with Crippen molar-refractivity contribution in [2.75, 3.05) is 26.0 Å². The van der Waals surface area contributed by atoms with Crippen LogP contribution in [-0.2, 0) is 32.1 Å². The predicted octanol–water partition coefficient (Wildman–Crippen LogP) is 2.04. The van der Waals surface area contributed by atoms with Gasteiger partial charge in [-0.15, -0.1) is 11.3 Å². The van der Waals surface area contributed by atoms with Crippen LogP contribution in [0, 0.1) is 6.92 Å². The van der Waals surface area contributed by atoms with Crippen molar-refractivity contribution >= 4 is 51.1 Å². The van der Waals surface area contributed by atoms with Crippen LogP contribution < -0.4 is 10.9 Å². The number of aromatic nitrogens is 2. The van der Waals surface area contributed by atoms with Gasteiger partial charge in [0.2, 0.25) is 11.8 Å². The molecule has 34 heavy (non-hydrogen) atoms. The van der Waals surface area contributed by atoms with Crippen molar-refractivity contribution in [1.82, 2.24) is 19.8 Å².